The third kappa shape index (κ3) is 3.80. The molecule has 1 aliphatic heterocycles. The highest BCUT2D eigenvalue weighted by Crippen LogP contribution is 2.27. The van der Waals surface area contributed by atoms with E-state index in [-0.39, 0.29) is 11.9 Å². The van der Waals surface area contributed by atoms with E-state index in [1.54, 1.807) is 17.2 Å². The normalized spacial score (nSPS) is 19.8. The first-order chi connectivity index (χ1) is 14.3. The molecule has 1 atom stereocenters. The molecule has 1 amide bonds. The average molecular weight is 387 g/mol. The van der Waals surface area contributed by atoms with Gasteiger partial charge >= 0.3 is 0 Å². The van der Waals surface area contributed by atoms with Gasteiger partial charge in [-0.05, 0) is 61.6 Å². The van der Waals surface area contributed by atoms with Crippen LogP contribution in [0.5, 0.6) is 0 Å². The summed E-state index contributed by atoms with van der Waals surface area (Å²) in [5, 5.41) is 10.9. The SMILES string of the molecule is O=C(NC1CCCN(C2Cc3ccccc3C2)C1)c1cccc(-n2cnnc2)c1. The van der Waals surface area contributed by atoms with E-state index in [2.05, 4.69) is 44.7 Å². The Balaban J connectivity index is 1.23. The standard InChI is InChI=1S/C23H25N5O/c29-23(19-7-3-9-21(13-19)28-15-24-25-16-28)26-20-8-4-10-27(14-20)22-11-17-5-1-2-6-18(17)12-22/h1-3,5-7,9,13,15-16,20,22H,4,8,10-12,14H2,(H,26,29). The van der Waals surface area contributed by atoms with Crippen molar-refractivity contribution in [3.63, 3.8) is 0 Å². The molecule has 6 heteroatoms. The topological polar surface area (TPSA) is 63.1 Å². The maximum atomic E-state index is 12.9. The Morgan fingerprint density at radius 1 is 1.00 bits per heavy atom. The van der Waals surface area contributed by atoms with E-state index in [1.165, 1.54) is 11.1 Å². The first kappa shape index (κ1) is 18.1. The summed E-state index contributed by atoms with van der Waals surface area (Å²) in [6.45, 7) is 2.05. The van der Waals surface area contributed by atoms with Crippen molar-refractivity contribution in [2.75, 3.05) is 13.1 Å². The second-order valence-electron chi connectivity index (χ2n) is 8.06. The Hall–Kier alpha value is -2.99. The fraction of sp³-hybridized carbons (Fsp3) is 0.348. The Morgan fingerprint density at radius 2 is 1.76 bits per heavy atom. The van der Waals surface area contributed by atoms with Gasteiger partial charge in [0.05, 0.1) is 0 Å². The lowest BCUT2D eigenvalue weighted by atomic mass is 10.0. The summed E-state index contributed by atoms with van der Waals surface area (Å²) < 4.78 is 1.80. The van der Waals surface area contributed by atoms with Crippen molar-refractivity contribution in [1.82, 2.24) is 25.0 Å². The summed E-state index contributed by atoms with van der Waals surface area (Å²) in [6, 6.07) is 17.1. The van der Waals surface area contributed by atoms with Crippen LogP contribution in [0.1, 0.15) is 34.3 Å². The number of hydrogen-bond acceptors (Lipinski definition) is 4. The molecule has 1 saturated heterocycles. The van der Waals surface area contributed by atoms with Crippen molar-refractivity contribution in [2.24, 2.45) is 0 Å². The monoisotopic (exact) mass is 387 g/mol. The van der Waals surface area contributed by atoms with Crippen LogP contribution >= 0.6 is 0 Å². The molecular weight excluding hydrogens is 362 g/mol. The number of hydrogen-bond donors (Lipinski definition) is 1. The van der Waals surface area contributed by atoms with E-state index < -0.39 is 0 Å². The van der Waals surface area contributed by atoms with Gasteiger partial charge in [0.2, 0.25) is 0 Å². The Morgan fingerprint density at radius 3 is 2.52 bits per heavy atom. The summed E-state index contributed by atoms with van der Waals surface area (Å²) in [5.74, 6) is -0.0125. The summed E-state index contributed by atoms with van der Waals surface area (Å²) >= 11 is 0. The lowest BCUT2D eigenvalue weighted by Crippen LogP contribution is -2.51. The predicted molar refractivity (Wildman–Crippen MR) is 111 cm³/mol. The molecule has 3 aromatic rings. The Labute approximate surface area is 170 Å². The molecule has 2 aliphatic rings. The molecule has 148 valence electrons. The van der Waals surface area contributed by atoms with E-state index in [4.69, 9.17) is 0 Å². The van der Waals surface area contributed by atoms with E-state index in [0.717, 1.165) is 44.5 Å². The number of nitrogens with zero attached hydrogens (tertiary/aromatic N) is 4. The molecule has 1 fully saturated rings. The maximum absolute atomic E-state index is 12.9. The highest BCUT2D eigenvalue weighted by molar-refractivity contribution is 5.94. The van der Waals surface area contributed by atoms with E-state index in [1.807, 2.05) is 24.3 Å². The molecule has 1 N–H and O–H groups in total. The van der Waals surface area contributed by atoms with Crippen LogP contribution in [0.2, 0.25) is 0 Å². The summed E-state index contributed by atoms with van der Waals surface area (Å²) in [6.07, 6.45) is 7.67. The van der Waals surface area contributed by atoms with Crippen LogP contribution in [0, 0.1) is 0 Å². The molecule has 1 aromatic heterocycles. The molecule has 29 heavy (non-hydrogen) atoms. The first-order valence-corrected chi connectivity index (χ1v) is 10.3. The van der Waals surface area contributed by atoms with Crippen LogP contribution in [0.25, 0.3) is 5.69 Å². The largest absolute Gasteiger partial charge is 0.348 e. The van der Waals surface area contributed by atoms with Crippen LogP contribution in [0.4, 0.5) is 0 Å². The van der Waals surface area contributed by atoms with Crippen molar-refractivity contribution in [3.8, 4) is 5.69 Å². The van der Waals surface area contributed by atoms with Crippen LogP contribution in [-0.2, 0) is 12.8 Å². The molecule has 2 heterocycles. The number of likely N-dealkylation sites (tertiary alicyclic amines) is 1. The fourth-order valence-electron chi connectivity index (χ4n) is 4.66. The number of amides is 1. The fourth-order valence-corrected chi connectivity index (χ4v) is 4.66. The molecule has 0 saturated carbocycles. The Kier molecular flexibility index (Phi) is 4.86. The van der Waals surface area contributed by atoms with Gasteiger partial charge in [0.1, 0.15) is 12.7 Å². The predicted octanol–water partition coefficient (Wildman–Crippen LogP) is 2.63. The zero-order valence-electron chi connectivity index (χ0n) is 16.4. The molecule has 6 nitrogen and oxygen atoms in total. The van der Waals surface area contributed by atoms with Gasteiger partial charge in [-0.2, -0.15) is 0 Å². The van der Waals surface area contributed by atoms with Crippen molar-refractivity contribution in [1.29, 1.82) is 0 Å². The van der Waals surface area contributed by atoms with Gasteiger partial charge in [-0.3, -0.25) is 14.3 Å². The third-order valence-electron chi connectivity index (χ3n) is 6.16. The zero-order chi connectivity index (χ0) is 19.6. The van der Waals surface area contributed by atoms with Crippen molar-refractivity contribution < 1.29 is 4.79 Å². The van der Waals surface area contributed by atoms with E-state index in [0.29, 0.717) is 11.6 Å². The van der Waals surface area contributed by atoms with Gasteiger partial charge in [0, 0.05) is 29.9 Å². The van der Waals surface area contributed by atoms with Gasteiger partial charge in [-0.1, -0.05) is 30.3 Å². The smallest absolute Gasteiger partial charge is 0.251 e. The highest BCUT2D eigenvalue weighted by Gasteiger charge is 2.30. The van der Waals surface area contributed by atoms with Gasteiger partial charge in [-0.25, -0.2) is 0 Å². The zero-order valence-corrected chi connectivity index (χ0v) is 16.4. The second kappa shape index (κ2) is 7.79. The lowest BCUT2D eigenvalue weighted by Gasteiger charge is -2.37. The van der Waals surface area contributed by atoms with Gasteiger partial charge in [0.25, 0.3) is 5.91 Å². The molecule has 0 spiro atoms. The molecule has 0 radical (unpaired) electrons. The van der Waals surface area contributed by atoms with E-state index >= 15 is 0 Å². The number of rotatable bonds is 4. The van der Waals surface area contributed by atoms with E-state index in [9.17, 15) is 4.79 Å². The minimum absolute atomic E-state index is 0.0125. The van der Waals surface area contributed by atoms with Gasteiger partial charge < -0.3 is 5.32 Å². The molecule has 5 rings (SSSR count). The second-order valence-corrected chi connectivity index (χ2v) is 8.06. The molecular formula is C23H25N5O. The quantitative estimate of drug-likeness (QED) is 0.748. The minimum Gasteiger partial charge on any atom is -0.348 e. The molecule has 1 unspecified atom stereocenters. The summed E-state index contributed by atoms with van der Waals surface area (Å²) in [4.78, 5) is 15.4. The van der Waals surface area contributed by atoms with Crippen LogP contribution < -0.4 is 5.32 Å². The first-order valence-electron chi connectivity index (χ1n) is 10.3. The van der Waals surface area contributed by atoms with Crippen molar-refractivity contribution in [3.05, 3.63) is 77.9 Å². The van der Waals surface area contributed by atoms with Gasteiger partial charge in [-0.15, -0.1) is 10.2 Å². The maximum Gasteiger partial charge on any atom is 0.251 e. The number of piperidine rings is 1. The number of carbonyl (C=O) groups is 1. The van der Waals surface area contributed by atoms with Crippen LogP contribution in [-0.4, -0.2) is 50.7 Å². The molecule has 0 bridgehead atoms. The van der Waals surface area contributed by atoms with Gasteiger partial charge in [0.15, 0.2) is 0 Å². The number of aromatic nitrogens is 3. The number of nitrogens with one attached hydrogen (secondary N) is 1. The van der Waals surface area contributed by atoms with Crippen molar-refractivity contribution in [2.45, 2.75) is 37.8 Å². The van der Waals surface area contributed by atoms with Crippen LogP contribution in [0.3, 0.4) is 0 Å². The Bertz CT molecular complexity index is 975. The van der Waals surface area contributed by atoms with Crippen molar-refractivity contribution >= 4 is 5.91 Å². The van der Waals surface area contributed by atoms with Crippen LogP contribution in [0.15, 0.2) is 61.2 Å². The highest BCUT2D eigenvalue weighted by atomic mass is 16.1. The number of carbonyl (C=O) groups excluding carboxylic acids is 1. The number of benzene rings is 2. The summed E-state index contributed by atoms with van der Waals surface area (Å²) in [7, 11) is 0. The average Bonchev–Trinajstić information content (AvgIpc) is 3.44. The number of fused-ring (bicyclic) bond motifs is 1. The lowest BCUT2D eigenvalue weighted by molar-refractivity contribution is 0.0876. The third-order valence-corrected chi connectivity index (χ3v) is 6.16. The molecule has 2 aromatic carbocycles. The summed E-state index contributed by atoms with van der Waals surface area (Å²) in [5.41, 5.74) is 4.52. The molecule has 1 aliphatic carbocycles. The minimum atomic E-state index is -0.0125.